The zero-order valence-corrected chi connectivity index (χ0v) is 15.1. The summed E-state index contributed by atoms with van der Waals surface area (Å²) in [6.07, 6.45) is 1.23. The molecule has 0 unspecified atom stereocenters. The van der Waals surface area contributed by atoms with Crippen LogP contribution in [0.1, 0.15) is 30.7 Å². The van der Waals surface area contributed by atoms with Gasteiger partial charge < -0.3 is 15.8 Å². The second-order valence-corrected chi connectivity index (χ2v) is 7.85. The molecule has 3 rings (SSSR count). The Balaban J connectivity index is 1.99. The van der Waals surface area contributed by atoms with Gasteiger partial charge in [0.25, 0.3) is 5.56 Å². The molecule has 0 saturated heterocycles. The molecule has 1 aliphatic heterocycles. The normalized spacial score (nSPS) is 16.0. The predicted octanol–water partition coefficient (Wildman–Crippen LogP) is 0.0676. The fourth-order valence-corrected chi connectivity index (χ4v) is 4.05. The van der Waals surface area contributed by atoms with E-state index in [2.05, 4.69) is 10.3 Å². The average Bonchev–Trinajstić information content (AvgIpc) is 2.87. The molecule has 25 heavy (non-hydrogen) atoms. The molecule has 0 aliphatic carbocycles. The number of aromatic nitrogens is 2. The van der Waals surface area contributed by atoms with Gasteiger partial charge in [0.1, 0.15) is 11.4 Å². The maximum absolute atomic E-state index is 12.9. The Hall–Kier alpha value is -1.97. The lowest BCUT2D eigenvalue weighted by molar-refractivity contribution is -0.121. The van der Waals surface area contributed by atoms with E-state index in [0.29, 0.717) is 42.8 Å². The van der Waals surface area contributed by atoms with Crippen LogP contribution >= 0.6 is 11.3 Å². The number of nitrogens with one attached hydrogen (secondary N) is 2. The Bertz CT molecular complexity index is 925. The number of ether oxygens (including phenoxy) is 1. The Morgan fingerprint density at radius 3 is 2.92 bits per heavy atom. The van der Waals surface area contributed by atoms with Crippen molar-refractivity contribution >= 4 is 27.5 Å². The van der Waals surface area contributed by atoms with Gasteiger partial charge in [-0.3, -0.25) is 19.1 Å². The van der Waals surface area contributed by atoms with Crippen molar-refractivity contribution in [1.82, 2.24) is 14.9 Å². The van der Waals surface area contributed by atoms with E-state index in [1.165, 1.54) is 11.3 Å². The number of nitrogens with two attached hydrogens (primary N) is 1. The number of hydrogen-bond donors (Lipinski definition) is 3. The average molecular weight is 366 g/mol. The van der Waals surface area contributed by atoms with E-state index in [1.54, 1.807) is 0 Å². The van der Waals surface area contributed by atoms with Crippen molar-refractivity contribution in [3.8, 4) is 0 Å². The summed E-state index contributed by atoms with van der Waals surface area (Å²) >= 11 is 1.36. The highest BCUT2D eigenvalue weighted by Crippen LogP contribution is 2.36. The van der Waals surface area contributed by atoms with Crippen molar-refractivity contribution in [3.05, 3.63) is 31.3 Å². The maximum atomic E-state index is 12.9. The molecular weight excluding hydrogens is 344 g/mol. The van der Waals surface area contributed by atoms with Crippen molar-refractivity contribution in [1.29, 1.82) is 0 Å². The number of fused-ring (bicyclic) bond motifs is 3. The molecule has 0 bridgehead atoms. The SMILES string of the molecule is CC1(C)Cc2c(sc3[nH]c(=O)n(CC(=O)NCCCN)c(=O)c23)CO1. The zero-order valence-electron chi connectivity index (χ0n) is 14.3. The largest absolute Gasteiger partial charge is 0.370 e. The summed E-state index contributed by atoms with van der Waals surface area (Å²) in [5, 5.41) is 3.15. The van der Waals surface area contributed by atoms with Crippen LogP contribution in [0.4, 0.5) is 0 Å². The van der Waals surface area contributed by atoms with Crippen LogP contribution in [0.2, 0.25) is 0 Å². The highest BCUT2D eigenvalue weighted by Gasteiger charge is 2.31. The topological polar surface area (TPSA) is 119 Å². The third-order valence-corrected chi connectivity index (χ3v) is 5.34. The molecule has 1 amide bonds. The number of thiophene rings is 1. The van der Waals surface area contributed by atoms with Crippen molar-refractivity contribution in [2.45, 2.75) is 45.4 Å². The van der Waals surface area contributed by atoms with Crippen LogP contribution in [-0.4, -0.2) is 34.1 Å². The summed E-state index contributed by atoms with van der Waals surface area (Å²) in [5.74, 6) is -0.381. The minimum absolute atomic E-state index is 0.306. The van der Waals surface area contributed by atoms with Crippen LogP contribution in [0.3, 0.4) is 0 Å². The number of aromatic amines is 1. The van der Waals surface area contributed by atoms with E-state index in [-0.39, 0.29) is 18.1 Å². The molecule has 1 aliphatic rings. The van der Waals surface area contributed by atoms with E-state index in [0.717, 1.165) is 15.0 Å². The Morgan fingerprint density at radius 1 is 1.44 bits per heavy atom. The lowest BCUT2D eigenvalue weighted by Crippen LogP contribution is -2.41. The number of carbonyl (C=O) groups is 1. The molecule has 4 N–H and O–H groups in total. The molecule has 0 fully saturated rings. The lowest BCUT2D eigenvalue weighted by atomic mass is 9.94. The Labute approximate surface area is 148 Å². The lowest BCUT2D eigenvalue weighted by Gasteiger charge is -2.29. The Kier molecular flexibility index (Phi) is 4.81. The second kappa shape index (κ2) is 6.74. The van der Waals surface area contributed by atoms with Gasteiger partial charge in [0.15, 0.2) is 0 Å². The zero-order chi connectivity index (χ0) is 18.2. The van der Waals surface area contributed by atoms with Gasteiger partial charge in [0.05, 0.1) is 17.6 Å². The molecule has 136 valence electrons. The monoisotopic (exact) mass is 366 g/mol. The van der Waals surface area contributed by atoms with Crippen LogP contribution in [0.5, 0.6) is 0 Å². The third-order valence-electron chi connectivity index (χ3n) is 4.22. The molecular formula is C16H22N4O4S. The number of rotatable bonds is 5. The summed E-state index contributed by atoms with van der Waals surface area (Å²) < 4.78 is 6.73. The fraction of sp³-hybridized carbons (Fsp3) is 0.562. The minimum Gasteiger partial charge on any atom is -0.370 e. The predicted molar refractivity (Wildman–Crippen MR) is 96.0 cm³/mol. The summed E-state index contributed by atoms with van der Waals surface area (Å²) in [4.78, 5) is 41.3. The van der Waals surface area contributed by atoms with Crippen LogP contribution in [0.25, 0.3) is 10.2 Å². The minimum atomic E-state index is -0.578. The van der Waals surface area contributed by atoms with E-state index >= 15 is 0 Å². The molecule has 0 aromatic carbocycles. The van der Waals surface area contributed by atoms with Gasteiger partial charge in [-0.2, -0.15) is 0 Å². The smallest absolute Gasteiger partial charge is 0.329 e. The standard InChI is InChI=1S/C16H22N4O4S/c1-16(2)6-9-10(8-24-16)25-13-12(9)14(22)20(15(23)19-13)7-11(21)18-5-3-4-17/h3-8,17H2,1-2H3,(H,18,21)(H,19,23). The van der Waals surface area contributed by atoms with Gasteiger partial charge in [-0.1, -0.05) is 0 Å². The molecule has 2 aromatic rings. The summed E-state index contributed by atoms with van der Waals surface area (Å²) in [5.41, 5.74) is 4.92. The van der Waals surface area contributed by atoms with Crippen LogP contribution in [0.15, 0.2) is 9.59 Å². The Morgan fingerprint density at radius 2 is 2.20 bits per heavy atom. The van der Waals surface area contributed by atoms with Crippen LogP contribution in [-0.2, 0) is 29.1 Å². The molecule has 0 radical (unpaired) electrons. The molecule has 9 heteroatoms. The molecule has 0 spiro atoms. The van der Waals surface area contributed by atoms with E-state index in [4.69, 9.17) is 10.5 Å². The summed E-state index contributed by atoms with van der Waals surface area (Å²) in [6, 6.07) is 0. The number of carbonyl (C=O) groups excluding carboxylic acids is 1. The first kappa shape index (κ1) is 17.8. The van der Waals surface area contributed by atoms with E-state index < -0.39 is 11.2 Å². The highest BCUT2D eigenvalue weighted by molar-refractivity contribution is 7.18. The van der Waals surface area contributed by atoms with Gasteiger partial charge in [0.2, 0.25) is 5.91 Å². The van der Waals surface area contributed by atoms with Gasteiger partial charge in [-0.05, 0) is 32.4 Å². The number of amides is 1. The van der Waals surface area contributed by atoms with E-state index in [1.807, 2.05) is 13.8 Å². The fourth-order valence-electron chi connectivity index (χ4n) is 2.93. The molecule has 3 heterocycles. The van der Waals surface area contributed by atoms with Gasteiger partial charge in [0, 0.05) is 17.8 Å². The first-order valence-corrected chi connectivity index (χ1v) is 9.02. The van der Waals surface area contributed by atoms with Crippen molar-refractivity contribution in [2.24, 2.45) is 5.73 Å². The van der Waals surface area contributed by atoms with Gasteiger partial charge in [-0.25, -0.2) is 4.79 Å². The first-order valence-electron chi connectivity index (χ1n) is 8.20. The molecule has 8 nitrogen and oxygen atoms in total. The maximum Gasteiger partial charge on any atom is 0.329 e. The second-order valence-electron chi connectivity index (χ2n) is 6.75. The van der Waals surface area contributed by atoms with Gasteiger partial charge >= 0.3 is 5.69 Å². The first-order chi connectivity index (χ1) is 11.8. The molecule has 0 saturated carbocycles. The quantitative estimate of drug-likeness (QED) is 0.647. The third kappa shape index (κ3) is 3.53. The van der Waals surface area contributed by atoms with E-state index in [9.17, 15) is 14.4 Å². The van der Waals surface area contributed by atoms with Crippen LogP contribution in [0, 0.1) is 0 Å². The van der Waals surface area contributed by atoms with Crippen LogP contribution < -0.4 is 22.3 Å². The molecule has 2 aromatic heterocycles. The number of nitrogens with zero attached hydrogens (tertiary/aromatic N) is 1. The number of hydrogen-bond acceptors (Lipinski definition) is 6. The summed E-state index contributed by atoms with van der Waals surface area (Å²) in [6.45, 7) is 4.93. The summed E-state index contributed by atoms with van der Waals surface area (Å²) in [7, 11) is 0. The number of H-pyrrole nitrogens is 1. The van der Waals surface area contributed by atoms with Crippen molar-refractivity contribution < 1.29 is 9.53 Å². The van der Waals surface area contributed by atoms with Gasteiger partial charge in [-0.15, -0.1) is 11.3 Å². The highest BCUT2D eigenvalue weighted by atomic mass is 32.1. The van der Waals surface area contributed by atoms with Crippen molar-refractivity contribution in [3.63, 3.8) is 0 Å². The molecule has 0 atom stereocenters. The van der Waals surface area contributed by atoms with Crippen molar-refractivity contribution in [2.75, 3.05) is 13.1 Å².